The van der Waals surface area contributed by atoms with Crippen molar-refractivity contribution < 1.29 is 19.4 Å². The van der Waals surface area contributed by atoms with Gasteiger partial charge in [0.1, 0.15) is 17.1 Å². The van der Waals surface area contributed by atoms with Crippen LogP contribution in [-0.4, -0.2) is 22.6 Å². The molecule has 1 aromatic carbocycles. The van der Waals surface area contributed by atoms with Crippen molar-refractivity contribution in [3.8, 4) is 5.75 Å². The van der Waals surface area contributed by atoms with Crippen molar-refractivity contribution in [2.24, 2.45) is 0 Å². The van der Waals surface area contributed by atoms with E-state index in [9.17, 15) is 14.7 Å². The van der Waals surface area contributed by atoms with Gasteiger partial charge < -0.3 is 14.6 Å². The molecule has 0 spiro atoms. The van der Waals surface area contributed by atoms with Crippen molar-refractivity contribution in [2.45, 2.75) is 46.1 Å². The fraction of sp³-hybridized carbons (Fsp3) is 0.467. The zero-order chi connectivity index (χ0) is 15.3. The summed E-state index contributed by atoms with van der Waals surface area (Å²) in [5.41, 5.74) is 0.572. The van der Waals surface area contributed by atoms with Crippen molar-refractivity contribution in [3.05, 3.63) is 23.8 Å². The molecule has 0 unspecified atom stereocenters. The van der Waals surface area contributed by atoms with Gasteiger partial charge in [0.15, 0.2) is 0 Å². The SMILES string of the molecule is CC(=O)CCc1cc(NC(=O)OC(C)(C)C)ccc1O. The van der Waals surface area contributed by atoms with Gasteiger partial charge in [-0.1, -0.05) is 0 Å². The normalized spacial score (nSPS) is 11.0. The summed E-state index contributed by atoms with van der Waals surface area (Å²) in [6, 6.07) is 4.71. The van der Waals surface area contributed by atoms with Gasteiger partial charge in [0.05, 0.1) is 0 Å². The number of phenols is 1. The van der Waals surface area contributed by atoms with Crippen molar-refractivity contribution in [2.75, 3.05) is 5.32 Å². The maximum absolute atomic E-state index is 11.6. The highest BCUT2D eigenvalue weighted by molar-refractivity contribution is 5.85. The van der Waals surface area contributed by atoms with E-state index < -0.39 is 11.7 Å². The predicted molar refractivity (Wildman–Crippen MR) is 77.0 cm³/mol. The van der Waals surface area contributed by atoms with Crippen LogP contribution in [0, 0.1) is 0 Å². The first kappa shape index (κ1) is 16.0. The Labute approximate surface area is 118 Å². The molecule has 5 nitrogen and oxygen atoms in total. The molecular formula is C15H21NO4. The van der Waals surface area contributed by atoms with E-state index in [0.717, 1.165) is 0 Å². The van der Waals surface area contributed by atoms with E-state index in [1.54, 1.807) is 32.9 Å². The van der Waals surface area contributed by atoms with Gasteiger partial charge in [-0.2, -0.15) is 0 Å². The Hall–Kier alpha value is -2.04. The largest absolute Gasteiger partial charge is 0.508 e. The second-order valence-electron chi connectivity index (χ2n) is 5.67. The van der Waals surface area contributed by atoms with Gasteiger partial charge in [-0.05, 0) is 57.9 Å². The summed E-state index contributed by atoms with van der Waals surface area (Å²) >= 11 is 0. The average molecular weight is 279 g/mol. The number of aromatic hydroxyl groups is 1. The van der Waals surface area contributed by atoms with Crippen molar-refractivity contribution in [3.63, 3.8) is 0 Å². The second kappa shape index (κ2) is 6.41. The molecule has 0 atom stereocenters. The summed E-state index contributed by atoms with van der Waals surface area (Å²) in [5, 5.41) is 12.3. The topological polar surface area (TPSA) is 75.6 Å². The Morgan fingerprint density at radius 3 is 2.50 bits per heavy atom. The Bertz CT molecular complexity index is 503. The van der Waals surface area contributed by atoms with E-state index in [0.29, 0.717) is 24.1 Å². The van der Waals surface area contributed by atoms with Crippen LogP contribution in [0.4, 0.5) is 10.5 Å². The molecule has 5 heteroatoms. The minimum Gasteiger partial charge on any atom is -0.508 e. The maximum atomic E-state index is 11.6. The van der Waals surface area contributed by atoms with Crippen LogP contribution in [-0.2, 0) is 16.0 Å². The number of amides is 1. The van der Waals surface area contributed by atoms with Gasteiger partial charge >= 0.3 is 6.09 Å². The average Bonchev–Trinajstić information content (AvgIpc) is 2.27. The quantitative estimate of drug-likeness (QED) is 0.829. The first-order valence-corrected chi connectivity index (χ1v) is 6.49. The van der Waals surface area contributed by atoms with E-state index in [1.165, 1.54) is 13.0 Å². The Kier molecular flexibility index (Phi) is 5.13. The Balaban J connectivity index is 2.74. The fourth-order valence-corrected chi connectivity index (χ4v) is 1.60. The first-order chi connectivity index (χ1) is 9.17. The number of aryl methyl sites for hydroxylation is 1. The number of ether oxygens (including phenoxy) is 1. The van der Waals surface area contributed by atoms with E-state index in [1.807, 2.05) is 0 Å². The number of nitrogens with one attached hydrogen (secondary N) is 1. The summed E-state index contributed by atoms with van der Waals surface area (Å²) in [4.78, 5) is 22.6. The minimum atomic E-state index is -0.571. The molecule has 0 aliphatic rings. The lowest BCUT2D eigenvalue weighted by molar-refractivity contribution is -0.116. The summed E-state index contributed by atoms with van der Waals surface area (Å²) in [6.45, 7) is 6.84. The van der Waals surface area contributed by atoms with Crippen LogP contribution in [0.1, 0.15) is 39.7 Å². The molecule has 1 aromatic rings. The molecule has 0 saturated carbocycles. The second-order valence-corrected chi connectivity index (χ2v) is 5.67. The molecule has 0 saturated heterocycles. The van der Waals surface area contributed by atoms with Crippen molar-refractivity contribution in [1.29, 1.82) is 0 Å². The number of benzene rings is 1. The Morgan fingerprint density at radius 1 is 1.30 bits per heavy atom. The third-order valence-electron chi connectivity index (χ3n) is 2.47. The molecule has 2 N–H and O–H groups in total. The van der Waals surface area contributed by atoms with E-state index in [-0.39, 0.29) is 11.5 Å². The van der Waals surface area contributed by atoms with Gasteiger partial charge in [0, 0.05) is 12.1 Å². The van der Waals surface area contributed by atoms with Gasteiger partial charge in [-0.25, -0.2) is 4.79 Å². The number of anilines is 1. The van der Waals surface area contributed by atoms with Crippen LogP contribution < -0.4 is 5.32 Å². The van der Waals surface area contributed by atoms with Gasteiger partial charge in [-0.15, -0.1) is 0 Å². The molecule has 1 amide bonds. The number of hydrogen-bond acceptors (Lipinski definition) is 4. The minimum absolute atomic E-state index is 0.0508. The molecule has 20 heavy (non-hydrogen) atoms. The third-order valence-corrected chi connectivity index (χ3v) is 2.47. The number of hydrogen-bond donors (Lipinski definition) is 2. The number of phenolic OH excluding ortho intramolecular Hbond substituents is 1. The molecule has 0 fully saturated rings. The lowest BCUT2D eigenvalue weighted by Gasteiger charge is -2.19. The number of carbonyl (C=O) groups excluding carboxylic acids is 2. The highest BCUT2D eigenvalue weighted by Gasteiger charge is 2.16. The summed E-state index contributed by atoms with van der Waals surface area (Å²) in [6.07, 6.45) is 0.231. The van der Waals surface area contributed by atoms with Gasteiger partial charge in [0.2, 0.25) is 0 Å². The molecule has 0 aliphatic carbocycles. The summed E-state index contributed by atoms with van der Waals surface area (Å²) < 4.78 is 5.14. The van der Waals surface area contributed by atoms with Crippen LogP contribution in [0.25, 0.3) is 0 Å². The third kappa shape index (κ3) is 5.73. The van der Waals surface area contributed by atoms with Crippen LogP contribution >= 0.6 is 0 Å². The number of Topliss-reactive ketones (excluding diaryl/α,β-unsaturated/α-hetero) is 1. The molecule has 0 aliphatic heterocycles. The molecule has 110 valence electrons. The smallest absolute Gasteiger partial charge is 0.412 e. The lowest BCUT2D eigenvalue weighted by Crippen LogP contribution is -2.27. The monoisotopic (exact) mass is 279 g/mol. The van der Waals surface area contributed by atoms with Crippen LogP contribution in [0.3, 0.4) is 0 Å². The standard InChI is InChI=1S/C15H21NO4/c1-10(17)5-6-11-9-12(7-8-13(11)18)16-14(19)20-15(2,3)4/h7-9,18H,5-6H2,1-4H3,(H,16,19). The van der Waals surface area contributed by atoms with E-state index in [2.05, 4.69) is 5.32 Å². The number of rotatable bonds is 4. The molecule has 0 aromatic heterocycles. The van der Waals surface area contributed by atoms with E-state index >= 15 is 0 Å². The zero-order valence-electron chi connectivity index (χ0n) is 12.3. The lowest BCUT2D eigenvalue weighted by atomic mass is 10.1. The van der Waals surface area contributed by atoms with Gasteiger partial charge in [-0.3, -0.25) is 5.32 Å². The number of carbonyl (C=O) groups is 2. The van der Waals surface area contributed by atoms with E-state index in [4.69, 9.17) is 4.74 Å². The number of ketones is 1. The molecule has 0 radical (unpaired) electrons. The highest BCUT2D eigenvalue weighted by Crippen LogP contribution is 2.23. The highest BCUT2D eigenvalue weighted by atomic mass is 16.6. The van der Waals surface area contributed by atoms with Crippen molar-refractivity contribution in [1.82, 2.24) is 0 Å². The predicted octanol–water partition coefficient (Wildman–Crippen LogP) is 3.26. The molecular weight excluding hydrogens is 258 g/mol. The van der Waals surface area contributed by atoms with Crippen LogP contribution in [0.2, 0.25) is 0 Å². The molecule has 1 rings (SSSR count). The maximum Gasteiger partial charge on any atom is 0.412 e. The first-order valence-electron chi connectivity index (χ1n) is 6.49. The van der Waals surface area contributed by atoms with Gasteiger partial charge in [0.25, 0.3) is 0 Å². The Morgan fingerprint density at radius 2 is 1.95 bits per heavy atom. The zero-order valence-corrected chi connectivity index (χ0v) is 12.3. The van der Waals surface area contributed by atoms with Crippen LogP contribution in [0.5, 0.6) is 5.75 Å². The van der Waals surface area contributed by atoms with Crippen molar-refractivity contribution >= 4 is 17.6 Å². The molecule has 0 heterocycles. The summed E-state index contributed by atoms with van der Waals surface area (Å²) in [5.74, 6) is 0.163. The van der Waals surface area contributed by atoms with Crippen LogP contribution in [0.15, 0.2) is 18.2 Å². The summed E-state index contributed by atoms with van der Waals surface area (Å²) in [7, 11) is 0. The fourth-order valence-electron chi connectivity index (χ4n) is 1.60. The molecule has 0 bridgehead atoms.